The predicted molar refractivity (Wildman–Crippen MR) is 132 cm³/mol. The van der Waals surface area contributed by atoms with Crippen LogP contribution in [0.3, 0.4) is 0 Å². The molecule has 0 saturated heterocycles. The minimum Gasteiger partial charge on any atom is -0.286 e. The number of unbranched alkanes of at least 4 members (excludes halogenated alkanes) is 15. The average Bonchev–Trinajstić information content (AvgIpc) is 2.73. The van der Waals surface area contributed by atoms with Gasteiger partial charge in [0.25, 0.3) is 0 Å². The van der Waals surface area contributed by atoms with Crippen molar-refractivity contribution >= 4 is 17.7 Å². The molecule has 166 valence electrons. The first-order valence-electron chi connectivity index (χ1n) is 12.4. The van der Waals surface area contributed by atoms with E-state index in [1.165, 1.54) is 96.3 Å². The lowest BCUT2D eigenvalue weighted by Gasteiger charge is -2.26. The molecule has 1 atom stereocenters. The number of hydrogen-bond donors (Lipinski definition) is 1. The number of rotatable bonds is 19. The van der Waals surface area contributed by atoms with Crippen molar-refractivity contribution in [2.45, 2.75) is 128 Å². The van der Waals surface area contributed by atoms with Crippen LogP contribution >= 0.6 is 12.6 Å². The van der Waals surface area contributed by atoms with Crippen LogP contribution in [0.25, 0.3) is 0 Å². The first kappa shape index (κ1) is 26.3. The smallest absolute Gasteiger partial charge is 0.196 e. The normalized spacial score (nSPS) is 13.3. The standard InChI is InChI=1S/C27H46OS/c1-3-4-5-6-7-8-9-10-11-12-13-14-15-16-17-21-24-27(2,26(28)29)25-22-19-18-20-23-25/h18-20,22-23H,3-17,21,24H2,1-2H3,(H,28,29). The van der Waals surface area contributed by atoms with Gasteiger partial charge in [0.05, 0.1) is 5.41 Å². The fraction of sp³-hybridized carbons (Fsp3) is 0.741. The van der Waals surface area contributed by atoms with Gasteiger partial charge in [-0.3, -0.25) is 4.79 Å². The molecule has 1 rings (SSSR count). The molecule has 0 aliphatic heterocycles. The van der Waals surface area contributed by atoms with Crippen LogP contribution in [0.5, 0.6) is 0 Å². The first-order valence-corrected chi connectivity index (χ1v) is 12.8. The Morgan fingerprint density at radius 3 is 1.45 bits per heavy atom. The SMILES string of the molecule is CCCCCCCCCCCCCCCCCCC(C)(C(=O)S)c1ccccc1. The molecule has 0 heterocycles. The zero-order valence-corrected chi connectivity index (χ0v) is 20.2. The Labute approximate surface area is 186 Å². The molecule has 0 radical (unpaired) electrons. The molecule has 0 saturated carbocycles. The summed E-state index contributed by atoms with van der Waals surface area (Å²) in [6, 6.07) is 10.1. The van der Waals surface area contributed by atoms with E-state index < -0.39 is 5.41 Å². The monoisotopic (exact) mass is 418 g/mol. The van der Waals surface area contributed by atoms with Crippen molar-refractivity contribution in [1.29, 1.82) is 0 Å². The molecule has 0 aromatic heterocycles. The number of carbonyl (C=O) groups excluding carboxylic acids is 1. The van der Waals surface area contributed by atoms with Crippen LogP contribution in [0.4, 0.5) is 0 Å². The zero-order chi connectivity index (χ0) is 21.2. The third-order valence-electron chi connectivity index (χ3n) is 6.41. The topological polar surface area (TPSA) is 17.1 Å². The first-order chi connectivity index (χ1) is 14.1. The molecule has 1 nitrogen and oxygen atoms in total. The van der Waals surface area contributed by atoms with E-state index in [2.05, 4.69) is 31.7 Å². The van der Waals surface area contributed by atoms with Gasteiger partial charge < -0.3 is 0 Å². The molecule has 0 bridgehead atoms. The van der Waals surface area contributed by atoms with Crippen LogP contribution in [0.15, 0.2) is 30.3 Å². The highest BCUT2D eigenvalue weighted by Gasteiger charge is 2.31. The maximum Gasteiger partial charge on any atom is 0.196 e. The molecule has 29 heavy (non-hydrogen) atoms. The van der Waals surface area contributed by atoms with Crippen molar-refractivity contribution in [2.24, 2.45) is 0 Å². The van der Waals surface area contributed by atoms with Gasteiger partial charge in [0.15, 0.2) is 5.12 Å². The summed E-state index contributed by atoms with van der Waals surface area (Å²) in [4.78, 5) is 12.1. The van der Waals surface area contributed by atoms with E-state index in [9.17, 15) is 4.79 Å². The molecule has 0 aliphatic carbocycles. The molecule has 2 heteroatoms. The molecular formula is C27H46OS. The summed E-state index contributed by atoms with van der Waals surface area (Å²) in [5, 5.41) is -0.00957. The van der Waals surface area contributed by atoms with E-state index in [1.54, 1.807) is 0 Å². The van der Waals surface area contributed by atoms with Gasteiger partial charge in [-0.05, 0) is 18.9 Å². The Hall–Kier alpha value is -0.760. The second-order valence-corrected chi connectivity index (χ2v) is 9.46. The molecule has 0 N–H and O–H groups in total. The van der Waals surface area contributed by atoms with Crippen LogP contribution in [-0.2, 0) is 10.2 Å². The summed E-state index contributed by atoms with van der Waals surface area (Å²) < 4.78 is 0. The molecule has 1 unspecified atom stereocenters. The van der Waals surface area contributed by atoms with Gasteiger partial charge in [0, 0.05) is 0 Å². The van der Waals surface area contributed by atoms with Crippen LogP contribution in [0, 0.1) is 0 Å². The molecule has 0 aliphatic rings. The molecular weight excluding hydrogens is 372 g/mol. The van der Waals surface area contributed by atoms with Gasteiger partial charge >= 0.3 is 0 Å². The summed E-state index contributed by atoms with van der Waals surface area (Å²) in [5.41, 5.74) is 0.654. The number of benzene rings is 1. The maximum absolute atomic E-state index is 12.1. The lowest BCUT2D eigenvalue weighted by atomic mass is 9.79. The van der Waals surface area contributed by atoms with E-state index in [1.807, 2.05) is 25.1 Å². The van der Waals surface area contributed by atoms with Crippen molar-refractivity contribution in [3.8, 4) is 0 Å². The van der Waals surface area contributed by atoms with Gasteiger partial charge in [-0.25, -0.2) is 0 Å². The second-order valence-electron chi connectivity index (χ2n) is 9.06. The average molecular weight is 419 g/mol. The van der Waals surface area contributed by atoms with Gasteiger partial charge in [-0.2, -0.15) is 0 Å². The third kappa shape index (κ3) is 11.9. The van der Waals surface area contributed by atoms with Crippen molar-refractivity contribution in [1.82, 2.24) is 0 Å². The number of thiol groups is 1. The van der Waals surface area contributed by atoms with E-state index in [-0.39, 0.29) is 5.12 Å². The second kappa shape index (κ2) is 17.0. The summed E-state index contributed by atoms with van der Waals surface area (Å²) in [7, 11) is 0. The Morgan fingerprint density at radius 1 is 0.690 bits per heavy atom. The van der Waals surface area contributed by atoms with E-state index >= 15 is 0 Å². The molecule has 0 fully saturated rings. The predicted octanol–water partition coefficient (Wildman–Crippen LogP) is 9.05. The van der Waals surface area contributed by atoms with Gasteiger partial charge in [0.2, 0.25) is 0 Å². The molecule has 0 amide bonds. The van der Waals surface area contributed by atoms with Crippen molar-refractivity contribution in [2.75, 3.05) is 0 Å². The van der Waals surface area contributed by atoms with Gasteiger partial charge in [-0.15, -0.1) is 12.6 Å². The Morgan fingerprint density at radius 2 is 1.07 bits per heavy atom. The maximum atomic E-state index is 12.1. The van der Waals surface area contributed by atoms with Crippen molar-refractivity contribution in [3.05, 3.63) is 35.9 Å². The van der Waals surface area contributed by atoms with Gasteiger partial charge in [0.1, 0.15) is 0 Å². The summed E-state index contributed by atoms with van der Waals surface area (Å²) >= 11 is 4.18. The summed E-state index contributed by atoms with van der Waals surface area (Å²) in [6.45, 7) is 4.33. The van der Waals surface area contributed by atoms with Crippen molar-refractivity contribution in [3.63, 3.8) is 0 Å². The lowest BCUT2D eigenvalue weighted by molar-refractivity contribution is -0.115. The van der Waals surface area contributed by atoms with E-state index in [0.717, 1.165) is 18.4 Å². The molecule has 0 spiro atoms. The third-order valence-corrected chi connectivity index (χ3v) is 6.91. The Balaban J connectivity index is 1.96. The highest BCUT2D eigenvalue weighted by molar-refractivity contribution is 7.96. The van der Waals surface area contributed by atoms with Crippen LogP contribution in [0.1, 0.15) is 129 Å². The van der Waals surface area contributed by atoms with Crippen LogP contribution < -0.4 is 0 Å². The lowest BCUT2D eigenvalue weighted by Crippen LogP contribution is -2.29. The van der Waals surface area contributed by atoms with E-state index in [4.69, 9.17) is 0 Å². The number of carbonyl (C=O) groups is 1. The Kier molecular flexibility index (Phi) is 15.4. The Bertz CT molecular complexity index is 513. The largest absolute Gasteiger partial charge is 0.286 e. The fourth-order valence-corrected chi connectivity index (χ4v) is 4.45. The highest BCUT2D eigenvalue weighted by atomic mass is 32.1. The quantitative estimate of drug-likeness (QED) is 0.175. The summed E-state index contributed by atoms with van der Waals surface area (Å²) in [5.74, 6) is 0. The molecule has 1 aromatic rings. The minimum absolute atomic E-state index is 0.00957. The van der Waals surface area contributed by atoms with Crippen LogP contribution in [0.2, 0.25) is 0 Å². The highest BCUT2D eigenvalue weighted by Crippen LogP contribution is 2.32. The number of hydrogen-bond acceptors (Lipinski definition) is 1. The van der Waals surface area contributed by atoms with Crippen molar-refractivity contribution < 1.29 is 4.79 Å². The van der Waals surface area contributed by atoms with Crippen LogP contribution in [-0.4, -0.2) is 5.12 Å². The van der Waals surface area contributed by atoms with E-state index in [0.29, 0.717) is 0 Å². The fourth-order valence-electron chi connectivity index (χ4n) is 4.21. The van der Waals surface area contributed by atoms with Gasteiger partial charge in [-0.1, -0.05) is 140 Å². The minimum atomic E-state index is -0.444. The zero-order valence-electron chi connectivity index (χ0n) is 19.3. The summed E-state index contributed by atoms with van der Waals surface area (Å²) in [6.07, 6.45) is 22.9. The molecule has 1 aromatic carbocycles.